The molecular formula is C28H32N8O4. The van der Waals surface area contributed by atoms with Crippen molar-refractivity contribution in [3.8, 4) is 17.6 Å². The van der Waals surface area contributed by atoms with Crippen LogP contribution in [0.25, 0.3) is 10.9 Å². The maximum Gasteiger partial charge on any atom is 0.321 e. The number of nitrogens with one attached hydrogen (secondary N) is 1. The van der Waals surface area contributed by atoms with E-state index in [2.05, 4.69) is 21.3 Å². The standard InChI is InChI=1S/C28H32N8O4/c1-39-25-15-23-24(16-26(25)40-14-2-8-36(31)9-7-29)32-18-21(19-37)27(23)34-10-12-35(13-11-34)28(38)33-22-5-3-20(17-30)4-6-22/h3-7,9,15-16,18-19H,2,8,10-14,29,31H2,1H3,(H,33,38)/b9-7-. The number of anilines is 2. The number of nitriles is 1. The predicted molar refractivity (Wildman–Crippen MR) is 152 cm³/mol. The number of benzene rings is 2. The van der Waals surface area contributed by atoms with Gasteiger partial charge in [-0.2, -0.15) is 5.26 Å². The second kappa shape index (κ2) is 13.2. The summed E-state index contributed by atoms with van der Waals surface area (Å²) in [4.78, 5) is 33.1. The van der Waals surface area contributed by atoms with Gasteiger partial charge in [0.15, 0.2) is 17.8 Å². The molecule has 1 aromatic heterocycles. The average molecular weight is 545 g/mol. The van der Waals surface area contributed by atoms with Crippen molar-refractivity contribution in [3.63, 3.8) is 0 Å². The van der Waals surface area contributed by atoms with Gasteiger partial charge in [0.2, 0.25) is 0 Å². The van der Waals surface area contributed by atoms with Crippen LogP contribution in [0.2, 0.25) is 0 Å². The monoisotopic (exact) mass is 544 g/mol. The fourth-order valence-corrected chi connectivity index (χ4v) is 4.49. The van der Waals surface area contributed by atoms with Gasteiger partial charge in [0.05, 0.1) is 42.1 Å². The van der Waals surface area contributed by atoms with Gasteiger partial charge in [0.25, 0.3) is 0 Å². The van der Waals surface area contributed by atoms with E-state index in [-0.39, 0.29) is 6.03 Å². The van der Waals surface area contributed by atoms with Gasteiger partial charge in [0.1, 0.15) is 0 Å². The Hall–Kier alpha value is -5.02. The van der Waals surface area contributed by atoms with E-state index in [9.17, 15) is 9.59 Å². The van der Waals surface area contributed by atoms with Crippen LogP contribution in [0.1, 0.15) is 22.3 Å². The van der Waals surface area contributed by atoms with Crippen LogP contribution < -0.4 is 31.3 Å². The number of urea groups is 1. The summed E-state index contributed by atoms with van der Waals surface area (Å²) in [6, 6.07) is 12.2. The summed E-state index contributed by atoms with van der Waals surface area (Å²) in [5, 5.41) is 14.1. The molecule has 208 valence electrons. The Morgan fingerprint density at radius 3 is 2.60 bits per heavy atom. The molecule has 0 unspecified atom stereocenters. The SMILES string of the molecule is COc1cc2c(N3CCN(C(=O)Nc4ccc(C#N)cc4)CC3)c(C=O)cnc2cc1OCCCN(N)/C=C\N. The molecule has 0 bridgehead atoms. The summed E-state index contributed by atoms with van der Waals surface area (Å²) in [7, 11) is 1.56. The summed E-state index contributed by atoms with van der Waals surface area (Å²) < 4.78 is 11.6. The average Bonchev–Trinajstić information content (AvgIpc) is 2.98. The van der Waals surface area contributed by atoms with Crippen LogP contribution in [0.15, 0.2) is 55.0 Å². The Balaban J connectivity index is 1.47. The molecule has 12 heteroatoms. The van der Waals surface area contributed by atoms with Gasteiger partial charge < -0.3 is 35.3 Å². The number of fused-ring (bicyclic) bond motifs is 1. The van der Waals surface area contributed by atoms with Gasteiger partial charge in [-0.1, -0.05) is 0 Å². The van der Waals surface area contributed by atoms with E-state index in [0.29, 0.717) is 79.6 Å². The Bertz CT molecular complexity index is 1410. The van der Waals surface area contributed by atoms with Gasteiger partial charge >= 0.3 is 6.03 Å². The molecule has 4 rings (SSSR count). The van der Waals surface area contributed by atoms with Crippen molar-refractivity contribution in [3.05, 3.63) is 66.1 Å². The molecule has 1 fully saturated rings. The van der Waals surface area contributed by atoms with Crippen LogP contribution in [0.5, 0.6) is 11.5 Å². The quantitative estimate of drug-likeness (QED) is 0.150. The topological polar surface area (TPSA) is 163 Å². The van der Waals surface area contributed by atoms with E-state index in [1.165, 1.54) is 11.2 Å². The van der Waals surface area contributed by atoms with Gasteiger partial charge in [-0.05, 0) is 30.3 Å². The van der Waals surface area contributed by atoms with Crippen LogP contribution in [0.3, 0.4) is 0 Å². The molecular weight excluding hydrogens is 512 g/mol. The first-order valence-electron chi connectivity index (χ1n) is 12.8. The number of hydrogen-bond donors (Lipinski definition) is 3. The van der Waals surface area contributed by atoms with Crippen LogP contribution in [0, 0.1) is 11.3 Å². The summed E-state index contributed by atoms with van der Waals surface area (Å²) in [5.74, 6) is 6.84. The van der Waals surface area contributed by atoms with Gasteiger partial charge in [-0.15, -0.1) is 0 Å². The highest BCUT2D eigenvalue weighted by Gasteiger charge is 2.25. The Kier molecular flexibility index (Phi) is 9.22. The summed E-state index contributed by atoms with van der Waals surface area (Å²) >= 11 is 0. The maximum atomic E-state index is 12.8. The van der Waals surface area contributed by atoms with Crippen molar-refractivity contribution in [2.45, 2.75) is 6.42 Å². The lowest BCUT2D eigenvalue weighted by molar-refractivity contribution is 0.112. The molecule has 1 saturated heterocycles. The number of pyridine rings is 1. The molecule has 12 nitrogen and oxygen atoms in total. The number of piperazine rings is 1. The maximum absolute atomic E-state index is 12.8. The molecule has 2 heterocycles. The largest absolute Gasteiger partial charge is 0.493 e. The fraction of sp³-hybridized carbons (Fsp3) is 0.286. The van der Waals surface area contributed by atoms with Crippen molar-refractivity contribution in [1.29, 1.82) is 5.26 Å². The summed E-state index contributed by atoms with van der Waals surface area (Å²) in [6.07, 6.45) is 5.95. The van der Waals surface area contributed by atoms with Gasteiger partial charge in [-0.3, -0.25) is 9.78 Å². The number of aromatic nitrogens is 1. The number of methoxy groups -OCH3 is 1. The smallest absolute Gasteiger partial charge is 0.321 e. The van der Waals surface area contributed by atoms with Crippen molar-refractivity contribution < 1.29 is 19.1 Å². The Morgan fingerprint density at radius 1 is 1.20 bits per heavy atom. The zero-order chi connectivity index (χ0) is 28.5. The van der Waals surface area contributed by atoms with E-state index < -0.39 is 0 Å². The molecule has 0 radical (unpaired) electrons. The lowest BCUT2D eigenvalue weighted by Crippen LogP contribution is -2.50. The normalized spacial score (nSPS) is 13.2. The van der Waals surface area contributed by atoms with E-state index in [1.54, 1.807) is 54.7 Å². The molecule has 1 aliphatic heterocycles. The van der Waals surface area contributed by atoms with Crippen LogP contribution in [-0.2, 0) is 0 Å². The Labute approximate surface area is 232 Å². The van der Waals surface area contributed by atoms with E-state index in [4.69, 9.17) is 26.3 Å². The van der Waals surface area contributed by atoms with E-state index in [1.807, 2.05) is 6.07 Å². The number of nitrogens with zero attached hydrogens (tertiary/aromatic N) is 5. The highest BCUT2D eigenvalue weighted by molar-refractivity contribution is 6.02. The molecule has 40 heavy (non-hydrogen) atoms. The number of amides is 2. The van der Waals surface area contributed by atoms with Gasteiger partial charge in [-0.25, -0.2) is 10.6 Å². The third kappa shape index (κ3) is 6.51. The molecule has 1 aliphatic rings. The number of carbonyl (C=O) groups excluding carboxylic acids is 2. The Morgan fingerprint density at radius 2 is 1.95 bits per heavy atom. The zero-order valence-corrected chi connectivity index (χ0v) is 22.2. The molecule has 2 amide bonds. The first-order chi connectivity index (χ1) is 19.5. The van der Waals surface area contributed by atoms with Crippen LogP contribution in [0.4, 0.5) is 16.2 Å². The molecule has 0 aliphatic carbocycles. The summed E-state index contributed by atoms with van der Waals surface area (Å²) in [5.41, 5.74) is 8.34. The minimum Gasteiger partial charge on any atom is -0.493 e. The first kappa shape index (κ1) is 28.0. The first-order valence-corrected chi connectivity index (χ1v) is 12.8. The molecule has 0 saturated carbocycles. The highest BCUT2D eigenvalue weighted by atomic mass is 16.5. The zero-order valence-electron chi connectivity index (χ0n) is 22.2. The number of nitrogens with two attached hydrogens (primary N) is 2. The minimum absolute atomic E-state index is 0.222. The van der Waals surface area contributed by atoms with Crippen molar-refractivity contribution >= 4 is 34.6 Å². The second-order valence-corrected chi connectivity index (χ2v) is 9.07. The van der Waals surface area contributed by atoms with Crippen LogP contribution in [-0.4, -0.2) is 73.7 Å². The lowest BCUT2D eigenvalue weighted by Gasteiger charge is -2.37. The lowest BCUT2D eigenvalue weighted by atomic mass is 10.1. The predicted octanol–water partition coefficient (Wildman–Crippen LogP) is 2.66. The number of hydrogen-bond acceptors (Lipinski definition) is 10. The highest BCUT2D eigenvalue weighted by Crippen LogP contribution is 2.37. The molecule has 0 atom stereocenters. The number of hydrazine groups is 1. The minimum atomic E-state index is -0.222. The summed E-state index contributed by atoms with van der Waals surface area (Å²) in [6.45, 7) is 2.92. The fourth-order valence-electron chi connectivity index (χ4n) is 4.49. The molecule has 3 aromatic rings. The van der Waals surface area contributed by atoms with E-state index >= 15 is 0 Å². The second-order valence-electron chi connectivity index (χ2n) is 9.07. The third-order valence-electron chi connectivity index (χ3n) is 6.52. The van der Waals surface area contributed by atoms with Crippen molar-refractivity contribution in [1.82, 2.24) is 14.9 Å². The van der Waals surface area contributed by atoms with Crippen molar-refractivity contribution in [2.24, 2.45) is 11.6 Å². The third-order valence-corrected chi connectivity index (χ3v) is 6.52. The number of carbonyl (C=O) groups is 2. The van der Waals surface area contributed by atoms with Crippen LogP contribution >= 0.6 is 0 Å². The van der Waals surface area contributed by atoms with E-state index in [0.717, 1.165) is 17.4 Å². The number of ether oxygens (including phenoxy) is 2. The number of aldehydes is 1. The molecule has 0 spiro atoms. The molecule has 2 aromatic carbocycles. The molecule has 5 N–H and O–H groups in total. The number of rotatable bonds is 10. The van der Waals surface area contributed by atoms with Gasteiger partial charge in [0, 0.05) is 74.9 Å². The van der Waals surface area contributed by atoms with Crippen molar-refractivity contribution in [2.75, 3.05) is 56.7 Å².